The van der Waals surface area contributed by atoms with Gasteiger partial charge < -0.3 is 9.64 Å². The smallest absolute Gasteiger partial charge is 0.274 e. The highest BCUT2D eigenvalue weighted by atomic mass is 35.5. The first-order valence-electron chi connectivity index (χ1n) is 6.41. The molecule has 2 rings (SSSR count). The molecule has 104 valence electrons. The Morgan fingerprint density at radius 2 is 2.26 bits per heavy atom. The first-order valence-corrected chi connectivity index (χ1v) is 6.78. The molecule has 0 saturated heterocycles. The predicted molar refractivity (Wildman–Crippen MR) is 72.1 cm³/mol. The molecular formula is C13H18ClN3O2. The van der Waals surface area contributed by atoms with Gasteiger partial charge in [-0.25, -0.2) is 9.97 Å². The van der Waals surface area contributed by atoms with Crippen LogP contribution in [0.3, 0.4) is 0 Å². The van der Waals surface area contributed by atoms with Crippen LogP contribution in [0.4, 0.5) is 0 Å². The van der Waals surface area contributed by atoms with Crippen LogP contribution in [0.5, 0.6) is 0 Å². The van der Waals surface area contributed by atoms with Crippen LogP contribution in [0.25, 0.3) is 0 Å². The van der Waals surface area contributed by atoms with E-state index in [4.69, 9.17) is 16.3 Å². The fraction of sp³-hybridized carbons (Fsp3) is 0.615. The Kier molecular flexibility index (Phi) is 4.71. The molecule has 1 aromatic heterocycles. The molecule has 0 aliphatic heterocycles. The van der Waals surface area contributed by atoms with E-state index in [1.165, 1.54) is 25.2 Å². The van der Waals surface area contributed by atoms with Crippen LogP contribution in [0.2, 0.25) is 5.15 Å². The summed E-state index contributed by atoms with van der Waals surface area (Å²) in [6.45, 7) is 3.16. The van der Waals surface area contributed by atoms with E-state index < -0.39 is 0 Å². The Labute approximate surface area is 117 Å². The Bertz CT molecular complexity index is 434. The minimum Gasteiger partial charge on any atom is -0.383 e. The molecule has 19 heavy (non-hydrogen) atoms. The van der Waals surface area contributed by atoms with Crippen molar-refractivity contribution in [1.29, 1.82) is 0 Å². The number of hydrogen-bond donors (Lipinski definition) is 0. The van der Waals surface area contributed by atoms with Gasteiger partial charge in [-0.3, -0.25) is 4.79 Å². The number of carbonyl (C=O) groups is 1. The highest BCUT2D eigenvalue weighted by Crippen LogP contribution is 2.35. The number of halogens is 1. The zero-order valence-corrected chi connectivity index (χ0v) is 11.9. The lowest BCUT2D eigenvalue weighted by molar-refractivity contribution is 0.0588. The standard InChI is InChI=1S/C13H18ClN3O2/c1-9(10-3-4-10)17(5-6-19-2)13(18)11-7-16-12(14)8-15-11/h7-10H,3-6H2,1-2H3. The van der Waals surface area contributed by atoms with Gasteiger partial charge in [0.1, 0.15) is 10.8 Å². The van der Waals surface area contributed by atoms with Gasteiger partial charge in [-0.15, -0.1) is 0 Å². The van der Waals surface area contributed by atoms with Gasteiger partial charge in [-0.1, -0.05) is 11.6 Å². The number of hydrogen-bond acceptors (Lipinski definition) is 4. The topological polar surface area (TPSA) is 55.3 Å². The largest absolute Gasteiger partial charge is 0.383 e. The van der Waals surface area contributed by atoms with Crippen molar-refractivity contribution >= 4 is 17.5 Å². The summed E-state index contributed by atoms with van der Waals surface area (Å²) in [6, 6.07) is 0.208. The summed E-state index contributed by atoms with van der Waals surface area (Å²) in [5.74, 6) is 0.488. The minimum absolute atomic E-state index is 0.111. The van der Waals surface area contributed by atoms with Crippen LogP contribution in [0.1, 0.15) is 30.3 Å². The number of aromatic nitrogens is 2. The summed E-state index contributed by atoms with van der Waals surface area (Å²) < 4.78 is 5.08. The number of rotatable bonds is 6. The van der Waals surface area contributed by atoms with Crippen molar-refractivity contribution in [3.63, 3.8) is 0 Å². The van der Waals surface area contributed by atoms with Crippen molar-refractivity contribution in [3.05, 3.63) is 23.2 Å². The Morgan fingerprint density at radius 1 is 1.53 bits per heavy atom. The lowest BCUT2D eigenvalue weighted by Gasteiger charge is -2.28. The maximum Gasteiger partial charge on any atom is 0.274 e. The van der Waals surface area contributed by atoms with Gasteiger partial charge >= 0.3 is 0 Å². The molecule has 0 aromatic carbocycles. The number of carbonyl (C=O) groups excluding carboxylic acids is 1. The average Bonchev–Trinajstić information content (AvgIpc) is 3.23. The fourth-order valence-electron chi connectivity index (χ4n) is 2.08. The maximum atomic E-state index is 12.5. The minimum atomic E-state index is -0.111. The molecule has 1 heterocycles. The molecule has 1 aliphatic rings. The summed E-state index contributed by atoms with van der Waals surface area (Å²) in [4.78, 5) is 22.2. The quantitative estimate of drug-likeness (QED) is 0.801. The Balaban J connectivity index is 2.11. The first-order chi connectivity index (χ1) is 9.13. The molecule has 0 radical (unpaired) electrons. The van der Waals surface area contributed by atoms with Crippen molar-refractivity contribution in [3.8, 4) is 0 Å². The lowest BCUT2D eigenvalue weighted by Crippen LogP contribution is -2.42. The van der Waals surface area contributed by atoms with Crippen LogP contribution >= 0.6 is 11.6 Å². The number of ether oxygens (including phenoxy) is 1. The van der Waals surface area contributed by atoms with E-state index in [0.29, 0.717) is 24.8 Å². The number of methoxy groups -OCH3 is 1. The normalized spacial score (nSPS) is 16.2. The summed E-state index contributed by atoms with van der Waals surface area (Å²) in [6.07, 6.45) is 5.18. The van der Waals surface area contributed by atoms with Gasteiger partial charge in [-0.2, -0.15) is 0 Å². The van der Waals surface area contributed by atoms with Gasteiger partial charge in [0.05, 0.1) is 19.0 Å². The monoisotopic (exact) mass is 283 g/mol. The molecule has 0 N–H and O–H groups in total. The van der Waals surface area contributed by atoms with Gasteiger partial charge in [-0.05, 0) is 25.7 Å². The first kappa shape index (κ1) is 14.2. The highest BCUT2D eigenvalue weighted by Gasteiger charge is 2.34. The van der Waals surface area contributed by atoms with Gasteiger partial charge in [0, 0.05) is 19.7 Å². The zero-order valence-electron chi connectivity index (χ0n) is 11.2. The van der Waals surface area contributed by atoms with E-state index >= 15 is 0 Å². The average molecular weight is 284 g/mol. The molecule has 0 bridgehead atoms. The van der Waals surface area contributed by atoms with Gasteiger partial charge in [0.25, 0.3) is 5.91 Å². The van der Waals surface area contributed by atoms with Crippen LogP contribution in [-0.4, -0.2) is 47.1 Å². The summed E-state index contributed by atoms with van der Waals surface area (Å²) in [5.41, 5.74) is 0.327. The Hall–Kier alpha value is -1.20. The third-order valence-corrected chi connectivity index (χ3v) is 3.63. The van der Waals surface area contributed by atoms with E-state index in [-0.39, 0.29) is 17.1 Å². The second-order valence-corrected chi connectivity index (χ2v) is 5.18. The summed E-state index contributed by atoms with van der Waals surface area (Å²) >= 11 is 5.68. The molecule has 1 amide bonds. The second-order valence-electron chi connectivity index (χ2n) is 4.79. The van der Waals surface area contributed by atoms with Crippen molar-refractivity contribution in [2.75, 3.05) is 20.3 Å². The molecule has 5 nitrogen and oxygen atoms in total. The van der Waals surface area contributed by atoms with Crippen LogP contribution in [-0.2, 0) is 4.74 Å². The van der Waals surface area contributed by atoms with Gasteiger partial charge in [0.2, 0.25) is 0 Å². The van der Waals surface area contributed by atoms with E-state index in [0.717, 1.165) is 0 Å². The molecular weight excluding hydrogens is 266 g/mol. The van der Waals surface area contributed by atoms with Crippen molar-refractivity contribution in [2.24, 2.45) is 5.92 Å². The SMILES string of the molecule is COCCN(C(=O)c1cnc(Cl)cn1)C(C)C1CC1. The lowest BCUT2D eigenvalue weighted by atomic mass is 10.1. The third-order valence-electron chi connectivity index (χ3n) is 3.43. The summed E-state index contributed by atoms with van der Waals surface area (Å²) in [5, 5.41) is 0.287. The molecule has 1 aliphatic carbocycles. The highest BCUT2D eigenvalue weighted by molar-refractivity contribution is 6.29. The van der Waals surface area contributed by atoms with E-state index in [2.05, 4.69) is 16.9 Å². The molecule has 6 heteroatoms. The molecule has 0 spiro atoms. The maximum absolute atomic E-state index is 12.5. The molecule has 1 unspecified atom stereocenters. The molecule has 1 aromatic rings. The summed E-state index contributed by atoms with van der Waals surface area (Å²) in [7, 11) is 1.63. The van der Waals surface area contributed by atoms with Crippen molar-refractivity contribution < 1.29 is 9.53 Å². The second kappa shape index (κ2) is 6.30. The van der Waals surface area contributed by atoms with Gasteiger partial charge in [0.15, 0.2) is 0 Å². The number of amides is 1. The fourth-order valence-corrected chi connectivity index (χ4v) is 2.18. The van der Waals surface area contributed by atoms with E-state index in [1.807, 2.05) is 4.90 Å². The van der Waals surface area contributed by atoms with Crippen molar-refractivity contribution in [2.45, 2.75) is 25.8 Å². The van der Waals surface area contributed by atoms with Crippen LogP contribution in [0.15, 0.2) is 12.4 Å². The molecule has 1 fully saturated rings. The Morgan fingerprint density at radius 3 is 2.79 bits per heavy atom. The third kappa shape index (κ3) is 3.64. The van der Waals surface area contributed by atoms with Crippen LogP contribution < -0.4 is 0 Å². The zero-order chi connectivity index (χ0) is 13.8. The molecule has 1 atom stereocenters. The van der Waals surface area contributed by atoms with E-state index in [9.17, 15) is 4.79 Å². The van der Waals surface area contributed by atoms with Crippen molar-refractivity contribution in [1.82, 2.24) is 14.9 Å². The van der Waals surface area contributed by atoms with Crippen LogP contribution in [0, 0.1) is 5.92 Å². The number of nitrogens with zero attached hydrogens (tertiary/aromatic N) is 3. The van der Waals surface area contributed by atoms with E-state index in [1.54, 1.807) is 7.11 Å². The molecule has 1 saturated carbocycles. The predicted octanol–water partition coefficient (Wildman–Crippen LogP) is 2.02.